The summed E-state index contributed by atoms with van der Waals surface area (Å²) < 4.78 is 2.72. The fourth-order valence-electron chi connectivity index (χ4n) is 2.31. The van der Waals surface area contributed by atoms with E-state index in [1.165, 1.54) is 19.3 Å². The van der Waals surface area contributed by atoms with Gasteiger partial charge in [-0.05, 0) is 43.5 Å². The van der Waals surface area contributed by atoms with E-state index in [0.717, 1.165) is 29.2 Å². The van der Waals surface area contributed by atoms with Crippen LogP contribution in [-0.4, -0.2) is 27.9 Å². The maximum atomic E-state index is 5.97. The molecule has 0 spiro atoms. The summed E-state index contributed by atoms with van der Waals surface area (Å²) in [6.07, 6.45) is 3.69. The number of hydrogen-bond acceptors (Lipinski definition) is 4. The Labute approximate surface area is 120 Å². The third-order valence-corrected chi connectivity index (χ3v) is 3.86. The lowest BCUT2D eigenvalue weighted by molar-refractivity contribution is 0.568. The van der Waals surface area contributed by atoms with Crippen LogP contribution in [0.2, 0.25) is 0 Å². The highest BCUT2D eigenvalue weighted by Crippen LogP contribution is 2.20. The fourth-order valence-corrected chi connectivity index (χ4v) is 2.58. The zero-order chi connectivity index (χ0) is 13.2. The molecule has 1 aromatic carbocycles. The Morgan fingerprint density at radius 3 is 2.42 bits per heavy atom. The summed E-state index contributed by atoms with van der Waals surface area (Å²) in [6.45, 7) is 2.04. The first-order chi connectivity index (χ1) is 9.24. The van der Waals surface area contributed by atoms with Gasteiger partial charge in [-0.1, -0.05) is 15.9 Å². The summed E-state index contributed by atoms with van der Waals surface area (Å²) in [7, 11) is 0. The minimum absolute atomic E-state index is 0.433. The second kappa shape index (κ2) is 5.21. The molecule has 2 heterocycles. The SMILES string of the molecule is Nc1nc(N2CCCCC2)nn1-c1ccc(Br)cc1. The molecule has 2 N–H and O–H groups in total. The molecule has 0 radical (unpaired) electrons. The first-order valence-electron chi connectivity index (χ1n) is 6.47. The Kier molecular flexibility index (Phi) is 3.42. The van der Waals surface area contributed by atoms with Crippen LogP contribution in [0.3, 0.4) is 0 Å². The Hall–Kier alpha value is -1.56. The minimum atomic E-state index is 0.433. The standard InChI is InChI=1S/C13H16BrN5/c14-10-4-6-11(7-5-10)19-12(15)16-13(17-19)18-8-2-1-3-9-18/h4-7H,1-3,8-9H2,(H2,15,16,17). The van der Waals surface area contributed by atoms with Gasteiger partial charge in [-0.3, -0.25) is 0 Å². The monoisotopic (exact) mass is 321 g/mol. The van der Waals surface area contributed by atoms with E-state index < -0.39 is 0 Å². The van der Waals surface area contributed by atoms with Crippen molar-refractivity contribution in [2.75, 3.05) is 23.7 Å². The van der Waals surface area contributed by atoms with E-state index in [1.807, 2.05) is 24.3 Å². The lowest BCUT2D eigenvalue weighted by Gasteiger charge is -2.24. The lowest BCUT2D eigenvalue weighted by Crippen LogP contribution is -2.30. The first kappa shape index (κ1) is 12.5. The van der Waals surface area contributed by atoms with Crippen molar-refractivity contribution in [3.63, 3.8) is 0 Å². The summed E-state index contributed by atoms with van der Waals surface area (Å²) in [4.78, 5) is 6.58. The molecule has 1 aromatic heterocycles. The van der Waals surface area contributed by atoms with Crippen LogP contribution in [0.4, 0.5) is 11.9 Å². The molecule has 6 heteroatoms. The van der Waals surface area contributed by atoms with Crippen LogP contribution < -0.4 is 10.6 Å². The first-order valence-corrected chi connectivity index (χ1v) is 7.27. The third-order valence-electron chi connectivity index (χ3n) is 3.33. The van der Waals surface area contributed by atoms with Crippen molar-refractivity contribution in [2.45, 2.75) is 19.3 Å². The highest BCUT2D eigenvalue weighted by atomic mass is 79.9. The second-order valence-corrected chi connectivity index (χ2v) is 5.62. The van der Waals surface area contributed by atoms with E-state index in [4.69, 9.17) is 5.73 Å². The van der Waals surface area contributed by atoms with Crippen molar-refractivity contribution in [2.24, 2.45) is 0 Å². The predicted molar refractivity (Wildman–Crippen MR) is 79.5 cm³/mol. The van der Waals surface area contributed by atoms with Crippen LogP contribution in [0.1, 0.15) is 19.3 Å². The maximum absolute atomic E-state index is 5.97. The van der Waals surface area contributed by atoms with Gasteiger partial charge in [-0.15, -0.1) is 5.10 Å². The highest BCUT2D eigenvalue weighted by Gasteiger charge is 2.17. The van der Waals surface area contributed by atoms with Crippen LogP contribution >= 0.6 is 15.9 Å². The normalized spacial score (nSPS) is 15.7. The number of hydrogen-bond donors (Lipinski definition) is 1. The van der Waals surface area contributed by atoms with Gasteiger partial charge in [-0.2, -0.15) is 9.67 Å². The van der Waals surface area contributed by atoms with Gasteiger partial charge >= 0.3 is 0 Å². The third kappa shape index (κ3) is 2.58. The van der Waals surface area contributed by atoms with Gasteiger partial charge in [0.1, 0.15) is 0 Å². The minimum Gasteiger partial charge on any atom is -0.368 e. The molecule has 0 aliphatic carbocycles. The van der Waals surface area contributed by atoms with Gasteiger partial charge in [0.05, 0.1) is 5.69 Å². The topological polar surface area (TPSA) is 60.0 Å². The molecular weight excluding hydrogens is 306 g/mol. The number of benzene rings is 1. The smallest absolute Gasteiger partial charge is 0.246 e. The van der Waals surface area contributed by atoms with E-state index in [9.17, 15) is 0 Å². The summed E-state index contributed by atoms with van der Waals surface area (Å²) in [5.74, 6) is 1.17. The Morgan fingerprint density at radius 1 is 1.05 bits per heavy atom. The molecule has 19 heavy (non-hydrogen) atoms. The van der Waals surface area contributed by atoms with Crippen molar-refractivity contribution in [3.05, 3.63) is 28.7 Å². The highest BCUT2D eigenvalue weighted by molar-refractivity contribution is 9.10. The van der Waals surface area contributed by atoms with Crippen molar-refractivity contribution >= 4 is 27.8 Å². The molecular formula is C13H16BrN5. The van der Waals surface area contributed by atoms with E-state index in [2.05, 4.69) is 30.9 Å². The molecule has 0 unspecified atom stereocenters. The summed E-state index contributed by atoms with van der Waals surface area (Å²) >= 11 is 3.42. The van der Waals surface area contributed by atoms with Crippen LogP contribution in [-0.2, 0) is 0 Å². The van der Waals surface area contributed by atoms with Crippen LogP contribution in [0.25, 0.3) is 5.69 Å². The Morgan fingerprint density at radius 2 is 1.74 bits per heavy atom. The van der Waals surface area contributed by atoms with E-state index >= 15 is 0 Å². The number of halogens is 1. The van der Waals surface area contributed by atoms with Crippen LogP contribution in [0.5, 0.6) is 0 Å². The summed E-state index contributed by atoms with van der Waals surface area (Å²) in [6, 6.07) is 7.87. The fraction of sp³-hybridized carbons (Fsp3) is 0.385. The number of aromatic nitrogens is 3. The van der Waals surface area contributed by atoms with E-state index in [0.29, 0.717) is 5.95 Å². The molecule has 1 fully saturated rings. The molecule has 2 aromatic rings. The van der Waals surface area contributed by atoms with Gasteiger partial charge in [-0.25, -0.2) is 0 Å². The van der Waals surface area contributed by atoms with Gasteiger partial charge < -0.3 is 10.6 Å². The molecule has 3 rings (SSSR count). The van der Waals surface area contributed by atoms with Gasteiger partial charge in [0.15, 0.2) is 0 Å². The molecule has 5 nitrogen and oxygen atoms in total. The average molecular weight is 322 g/mol. The Bertz CT molecular complexity index is 557. The van der Waals surface area contributed by atoms with E-state index in [1.54, 1.807) is 4.68 Å². The number of piperidine rings is 1. The lowest BCUT2D eigenvalue weighted by atomic mass is 10.1. The number of anilines is 2. The van der Waals surface area contributed by atoms with Crippen LogP contribution in [0, 0.1) is 0 Å². The molecule has 0 saturated carbocycles. The zero-order valence-corrected chi connectivity index (χ0v) is 12.2. The van der Waals surface area contributed by atoms with E-state index in [-0.39, 0.29) is 0 Å². The van der Waals surface area contributed by atoms with Crippen molar-refractivity contribution < 1.29 is 0 Å². The molecule has 100 valence electrons. The molecule has 0 atom stereocenters. The largest absolute Gasteiger partial charge is 0.368 e. The number of nitrogens with zero attached hydrogens (tertiary/aromatic N) is 4. The summed E-state index contributed by atoms with van der Waals surface area (Å²) in [5.41, 5.74) is 6.90. The summed E-state index contributed by atoms with van der Waals surface area (Å²) in [5, 5.41) is 4.52. The molecule has 1 aliphatic rings. The van der Waals surface area contributed by atoms with Crippen molar-refractivity contribution in [1.29, 1.82) is 0 Å². The maximum Gasteiger partial charge on any atom is 0.246 e. The molecule has 1 aliphatic heterocycles. The average Bonchev–Trinajstić information content (AvgIpc) is 2.83. The number of nitrogen functional groups attached to an aromatic ring is 1. The second-order valence-electron chi connectivity index (χ2n) is 4.71. The van der Waals surface area contributed by atoms with Gasteiger partial charge in [0.2, 0.25) is 11.9 Å². The number of rotatable bonds is 2. The molecule has 0 amide bonds. The van der Waals surface area contributed by atoms with Crippen LogP contribution in [0.15, 0.2) is 28.7 Å². The number of nitrogens with two attached hydrogens (primary N) is 1. The van der Waals surface area contributed by atoms with Gasteiger partial charge in [0, 0.05) is 17.6 Å². The van der Waals surface area contributed by atoms with Crippen molar-refractivity contribution in [3.8, 4) is 5.69 Å². The van der Waals surface area contributed by atoms with Gasteiger partial charge in [0.25, 0.3) is 0 Å². The quantitative estimate of drug-likeness (QED) is 0.923. The molecule has 0 bridgehead atoms. The Balaban J connectivity index is 1.90. The zero-order valence-electron chi connectivity index (χ0n) is 10.6. The molecule has 1 saturated heterocycles. The van der Waals surface area contributed by atoms with Crippen molar-refractivity contribution in [1.82, 2.24) is 14.8 Å². The predicted octanol–water partition coefficient (Wildman–Crippen LogP) is 2.60.